The summed E-state index contributed by atoms with van der Waals surface area (Å²) in [6, 6.07) is 7.85. The zero-order chi connectivity index (χ0) is 22.1. The molecule has 1 fully saturated rings. The number of thiophene rings is 1. The Hall–Kier alpha value is -2.36. The van der Waals surface area contributed by atoms with Crippen molar-refractivity contribution in [3.63, 3.8) is 0 Å². The summed E-state index contributed by atoms with van der Waals surface area (Å²) >= 11 is 2.81. The molecule has 1 unspecified atom stereocenters. The number of anilines is 2. The number of thioether (sulfide) groups is 1. The molecule has 3 aromatic rings. The fraction of sp³-hybridized carbons (Fsp3) is 0.409. The van der Waals surface area contributed by atoms with Crippen LogP contribution < -0.4 is 15.8 Å². The average molecular weight is 459 g/mol. The van der Waals surface area contributed by atoms with Crippen LogP contribution in [0, 0.1) is 13.8 Å². The molecule has 0 radical (unpaired) electrons. The molecule has 1 aromatic carbocycles. The molecule has 1 N–H and O–H groups in total. The minimum Gasteiger partial charge on any atom is -0.378 e. The molecule has 31 heavy (non-hydrogen) atoms. The first kappa shape index (κ1) is 21.9. The zero-order valence-electron chi connectivity index (χ0n) is 18.1. The van der Waals surface area contributed by atoms with Gasteiger partial charge in [0.2, 0.25) is 5.91 Å². The summed E-state index contributed by atoms with van der Waals surface area (Å²) in [4.78, 5) is 34.3. The number of carbonyl (C=O) groups is 1. The molecule has 1 aliphatic heterocycles. The lowest BCUT2D eigenvalue weighted by atomic mass is 10.2. The largest absolute Gasteiger partial charge is 0.378 e. The molecule has 0 bridgehead atoms. The van der Waals surface area contributed by atoms with Crippen molar-refractivity contribution in [1.82, 2.24) is 9.55 Å². The SMILES string of the molecule is Cc1sc2nc(SC(C)C(=O)Nc3ccc(N4CCOCC4)cc3)n(C)c(=O)c2c1C. The van der Waals surface area contributed by atoms with Gasteiger partial charge in [-0.1, -0.05) is 11.8 Å². The van der Waals surface area contributed by atoms with Crippen molar-refractivity contribution in [1.29, 1.82) is 0 Å². The van der Waals surface area contributed by atoms with E-state index in [2.05, 4.69) is 15.2 Å². The van der Waals surface area contributed by atoms with Crippen LogP contribution in [0.5, 0.6) is 0 Å². The molecular formula is C22H26N4O3S2. The Morgan fingerprint density at radius 3 is 2.58 bits per heavy atom. The zero-order valence-corrected chi connectivity index (χ0v) is 19.7. The molecule has 1 amide bonds. The molecule has 3 heterocycles. The number of fused-ring (bicyclic) bond motifs is 1. The van der Waals surface area contributed by atoms with Gasteiger partial charge in [0.1, 0.15) is 4.83 Å². The van der Waals surface area contributed by atoms with Crippen LogP contribution in [-0.4, -0.2) is 47.0 Å². The molecular weight excluding hydrogens is 432 g/mol. The van der Waals surface area contributed by atoms with E-state index in [0.29, 0.717) is 10.5 Å². The maximum atomic E-state index is 12.8. The first-order valence-electron chi connectivity index (χ1n) is 10.2. The third-order valence-electron chi connectivity index (χ3n) is 5.53. The number of aryl methyl sites for hydroxylation is 2. The molecule has 0 aliphatic carbocycles. The number of rotatable bonds is 5. The molecule has 164 valence electrons. The first-order chi connectivity index (χ1) is 14.8. The number of aromatic nitrogens is 2. The van der Waals surface area contributed by atoms with Gasteiger partial charge in [-0.25, -0.2) is 4.98 Å². The molecule has 1 saturated heterocycles. The summed E-state index contributed by atoms with van der Waals surface area (Å²) in [5, 5.41) is 3.77. The van der Waals surface area contributed by atoms with Crippen molar-refractivity contribution in [2.75, 3.05) is 36.5 Å². The highest BCUT2D eigenvalue weighted by Crippen LogP contribution is 2.29. The van der Waals surface area contributed by atoms with Crippen molar-refractivity contribution < 1.29 is 9.53 Å². The predicted octanol–water partition coefficient (Wildman–Crippen LogP) is 3.57. The van der Waals surface area contributed by atoms with Gasteiger partial charge in [-0.2, -0.15) is 0 Å². The molecule has 0 saturated carbocycles. The lowest BCUT2D eigenvalue weighted by molar-refractivity contribution is -0.115. The number of amides is 1. The molecule has 0 spiro atoms. The molecule has 9 heteroatoms. The van der Waals surface area contributed by atoms with Gasteiger partial charge < -0.3 is 15.0 Å². The van der Waals surface area contributed by atoms with E-state index in [-0.39, 0.29) is 11.5 Å². The lowest BCUT2D eigenvalue weighted by Gasteiger charge is -2.28. The summed E-state index contributed by atoms with van der Waals surface area (Å²) in [6.45, 7) is 8.99. The lowest BCUT2D eigenvalue weighted by Crippen LogP contribution is -2.36. The smallest absolute Gasteiger partial charge is 0.262 e. The van der Waals surface area contributed by atoms with Crippen LogP contribution in [0.2, 0.25) is 0 Å². The highest BCUT2D eigenvalue weighted by Gasteiger charge is 2.20. The quantitative estimate of drug-likeness (QED) is 0.465. The van der Waals surface area contributed by atoms with Gasteiger partial charge in [0, 0.05) is 36.4 Å². The number of morpholine rings is 1. The minimum absolute atomic E-state index is 0.0688. The Balaban J connectivity index is 1.45. The average Bonchev–Trinajstić information content (AvgIpc) is 3.06. The van der Waals surface area contributed by atoms with Gasteiger partial charge in [0.15, 0.2) is 5.16 Å². The van der Waals surface area contributed by atoms with E-state index in [1.165, 1.54) is 27.7 Å². The van der Waals surface area contributed by atoms with E-state index in [1.54, 1.807) is 7.05 Å². The van der Waals surface area contributed by atoms with Crippen molar-refractivity contribution in [3.8, 4) is 0 Å². The van der Waals surface area contributed by atoms with Gasteiger partial charge in [0.05, 0.1) is 23.8 Å². The highest BCUT2D eigenvalue weighted by molar-refractivity contribution is 8.00. The second-order valence-electron chi connectivity index (χ2n) is 7.62. The maximum absolute atomic E-state index is 12.8. The van der Waals surface area contributed by atoms with Gasteiger partial charge in [-0.05, 0) is 50.6 Å². The number of nitrogens with one attached hydrogen (secondary N) is 1. The summed E-state index contributed by atoms with van der Waals surface area (Å²) in [7, 11) is 1.71. The first-order valence-corrected chi connectivity index (χ1v) is 11.9. The second kappa shape index (κ2) is 9.02. The topological polar surface area (TPSA) is 76.5 Å². The normalized spacial score (nSPS) is 15.3. The Morgan fingerprint density at radius 2 is 1.90 bits per heavy atom. The Labute approximate surface area is 189 Å². The van der Waals surface area contributed by atoms with Crippen LogP contribution in [0.25, 0.3) is 10.2 Å². The van der Waals surface area contributed by atoms with E-state index in [4.69, 9.17) is 4.74 Å². The van der Waals surface area contributed by atoms with Crippen LogP contribution in [-0.2, 0) is 16.6 Å². The van der Waals surface area contributed by atoms with E-state index in [1.807, 2.05) is 45.0 Å². The van der Waals surface area contributed by atoms with E-state index >= 15 is 0 Å². The molecule has 7 nitrogen and oxygen atoms in total. The fourth-order valence-corrected chi connectivity index (χ4v) is 5.44. The standard InChI is InChI=1S/C22H26N4O3S2/c1-13-14(2)30-20-18(13)21(28)25(4)22(24-20)31-15(3)19(27)23-16-5-7-17(8-6-16)26-9-11-29-12-10-26/h5-8,15H,9-12H2,1-4H3,(H,23,27). The maximum Gasteiger partial charge on any atom is 0.262 e. The third kappa shape index (κ3) is 4.49. The van der Waals surface area contributed by atoms with Crippen LogP contribution >= 0.6 is 23.1 Å². The number of benzene rings is 1. The summed E-state index contributed by atoms with van der Waals surface area (Å²) in [5.74, 6) is -0.128. The van der Waals surface area contributed by atoms with Crippen molar-refractivity contribution in [2.45, 2.75) is 31.2 Å². The summed E-state index contributed by atoms with van der Waals surface area (Å²) < 4.78 is 6.93. The van der Waals surface area contributed by atoms with E-state index in [0.717, 1.165) is 52.9 Å². The Morgan fingerprint density at radius 1 is 1.23 bits per heavy atom. The van der Waals surface area contributed by atoms with E-state index < -0.39 is 5.25 Å². The number of hydrogen-bond acceptors (Lipinski definition) is 7. The number of ether oxygens (including phenoxy) is 1. The van der Waals surface area contributed by atoms with Crippen molar-refractivity contribution in [3.05, 3.63) is 45.1 Å². The summed E-state index contributed by atoms with van der Waals surface area (Å²) in [5.41, 5.74) is 2.78. The number of hydrogen-bond donors (Lipinski definition) is 1. The van der Waals surface area contributed by atoms with Gasteiger partial charge >= 0.3 is 0 Å². The van der Waals surface area contributed by atoms with Gasteiger partial charge in [-0.15, -0.1) is 11.3 Å². The monoisotopic (exact) mass is 458 g/mol. The summed E-state index contributed by atoms with van der Waals surface area (Å²) in [6.07, 6.45) is 0. The van der Waals surface area contributed by atoms with Gasteiger partial charge in [0.25, 0.3) is 5.56 Å². The van der Waals surface area contributed by atoms with Crippen molar-refractivity contribution in [2.24, 2.45) is 7.05 Å². The van der Waals surface area contributed by atoms with E-state index in [9.17, 15) is 9.59 Å². The van der Waals surface area contributed by atoms with Crippen LogP contribution in [0.1, 0.15) is 17.4 Å². The predicted molar refractivity (Wildman–Crippen MR) is 128 cm³/mol. The third-order valence-corrected chi connectivity index (χ3v) is 7.78. The minimum atomic E-state index is -0.406. The molecule has 4 rings (SSSR count). The van der Waals surface area contributed by atoms with Crippen LogP contribution in [0.15, 0.2) is 34.2 Å². The number of nitrogens with zero attached hydrogens (tertiary/aromatic N) is 3. The van der Waals surface area contributed by atoms with Gasteiger partial charge in [-0.3, -0.25) is 14.2 Å². The fourth-order valence-electron chi connectivity index (χ4n) is 3.49. The second-order valence-corrected chi connectivity index (χ2v) is 10.1. The Bertz CT molecular complexity index is 1160. The van der Waals surface area contributed by atoms with Crippen molar-refractivity contribution >= 4 is 50.6 Å². The molecule has 1 aliphatic rings. The van der Waals surface area contributed by atoms with Crippen LogP contribution in [0.3, 0.4) is 0 Å². The molecule has 1 atom stereocenters. The number of carbonyl (C=O) groups excluding carboxylic acids is 1. The highest BCUT2D eigenvalue weighted by atomic mass is 32.2. The van der Waals surface area contributed by atoms with Crippen LogP contribution in [0.4, 0.5) is 11.4 Å². The molecule has 2 aromatic heterocycles. The Kier molecular flexibility index (Phi) is 6.36.